The number of carbonyl (C=O) groups is 2. The van der Waals surface area contributed by atoms with Crippen LogP contribution in [0.25, 0.3) is 0 Å². The molecule has 0 radical (unpaired) electrons. The summed E-state index contributed by atoms with van der Waals surface area (Å²) in [5, 5.41) is 2.79. The third-order valence-corrected chi connectivity index (χ3v) is 6.15. The van der Waals surface area contributed by atoms with E-state index in [1.54, 1.807) is 11.0 Å². The third-order valence-electron chi connectivity index (χ3n) is 6.15. The van der Waals surface area contributed by atoms with E-state index in [4.69, 9.17) is 18.9 Å². The first-order valence-electron chi connectivity index (χ1n) is 11.5. The van der Waals surface area contributed by atoms with Crippen molar-refractivity contribution in [3.05, 3.63) is 30.2 Å². The van der Waals surface area contributed by atoms with Crippen molar-refractivity contribution in [2.24, 2.45) is 0 Å². The maximum atomic E-state index is 13.3. The Bertz CT molecular complexity index is 1110. The number of amides is 2. The minimum Gasteiger partial charge on any atom is -0.474 e. The highest BCUT2D eigenvalue weighted by Crippen LogP contribution is 2.38. The van der Waals surface area contributed by atoms with E-state index in [2.05, 4.69) is 25.2 Å². The normalized spacial score (nSPS) is 22.4. The van der Waals surface area contributed by atoms with Gasteiger partial charge in [0.15, 0.2) is 23.1 Å². The van der Waals surface area contributed by atoms with Crippen LogP contribution in [0, 0.1) is 0 Å². The summed E-state index contributed by atoms with van der Waals surface area (Å²) in [6.07, 6.45) is 4.46. The van der Waals surface area contributed by atoms with Crippen LogP contribution in [0.1, 0.15) is 37.2 Å². The van der Waals surface area contributed by atoms with E-state index in [0.29, 0.717) is 24.8 Å². The fourth-order valence-corrected chi connectivity index (χ4v) is 4.55. The van der Waals surface area contributed by atoms with Gasteiger partial charge in [-0.3, -0.25) is 10.2 Å². The van der Waals surface area contributed by atoms with Crippen LogP contribution in [0.4, 0.5) is 22.1 Å². The SMILES string of the molecule is COC(=O)c1ccc2c(n1)N(C(=O)Nc1cnc(OCC3COC(C)(C)O3)cn1)[C@H]1CCCN2C1. The molecule has 5 heterocycles. The monoisotopic (exact) mass is 484 g/mol. The molecule has 2 amide bonds. The van der Waals surface area contributed by atoms with Crippen LogP contribution in [-0.2, 0) is 14.2 Å². The van der Waals surface area contributed by atoms with E-state index in [-0.39, 0.29) is 30.3 Å². The van der Waals surface area contributed by atoms with Gasteiger partial charge in [0.25, 0.3) is 0 Å². The summed E-state index contributed by atoms with van der Waals surface area (Å²) in [5.41, 5.74) is 0.950. The van der Waals surface area contributed by atoms with Gasteiger partial charge in [-0.25, -0.2) is 24.5 Å². The van der Waals surface area contributed by atoms with Crippen molar-refractivity contribution < 1.29 is 28.5 Å². The number of hydrogen-bond donors (Lipinski definition) is 1. The predicted octanol–water partition coefficient (Wildman–Crippen LogP) is 2.21. The molecule has 0 spiro atoms. The highest BCUT2D eigenvalue weighted by Gasteiger charge is 2.39. The molecule has 2 saturated heterocycles. The minimum atomic E-state index is -0.622. The molecule has 0 aromatic carbocycles. The quantitative estimate of drug-likeness (QED) is 0.631. The zero-order valence-electron chi connectivity index (χ0n) is 19.9. The Morgan fingerprint density at radius 1 is 1.26 bits per heavy atom. The number of carbonyl (C=O) groups excluding carboxylic acids is 2. The second-order valence-electron chi connectivity index (χ2n) is 9.07. The maximum absolute atomic E-state index is 13.3. The minimum absolute atomic E-state index is 0.0786. The molecule has 3 aliphatic rings. The molecule has 2 fully saturated rings. The fourth-order valence-electron chi connectivity index (χ4n) is 4.55. The summed E-state index contributed by atoms with van der Waals surface area (Å²) in [6.45, 7) is 5.99. The number of fused-ring (bicyclic) bond motifs is 4. The smallest absolute Gasteiger partial charge is 0.356 e. The number of methoxy groups -OCH3 is 1. The number of aromatic nitrogens is 3. The van der Waals surface area contributed by atoms with Gasteiger partial charge < -0.3 is 23.8 Å². The molecule has 1 N–H and O–H groups in total. The van der Waals surface area contributed by atoms with E-state index in [1.807, 2.05) is 19.9 Å². The van der Waals surface area contributed by atoms with Crippen LogP contribution >= 0.6 is 0 Å². The number of esters is 1. The lowest BCUT2D eigenvalue weighted by molar-refractivity contribution is -0.141. The van der Waals surface area contributed by atoms with E-state index >= 15 is 0 Å². The van der Waals surface area contributed by atoms with Crippen molar-refractivity contribution in [2.45, 2.75) is 44.6 Å². The van der Waals surface area contributed by atoms with Crippen LogP contribution < -0.4 is 19.9 Å². The lowest BCUT2D eigenvalue weighted by Gasteiger charge is -2.45. The van der Waals surface area contributed by atoms with Crippen LogP contribution in [-0.4, -0.2) is 78.3 Å². The average molecular weight is 485 g/mol. The van der Waals surface area contributed by atoms with Gasteiger partial charge in [0, 0.05) is 13.1 Å². The van der Waals surface area contributed by atoms with Crippen LogP contribution in [0.2, 0.25) is 0 Å². The first-order chi connectivity index (χ1) is 16.8. The van der Waals surface area contributed by atoms with Gasteiger partial charge >= 0.3 is 12.0 Å². The molecule has 12 heteroatoms. The standard InChI is InChI=1S/C23H28N6O6/c1-23(2)34-13-15(35-23)12-33-19-10-24-18(9-25-19)27-22(31)29-14-5-4-8-28(11-14)17-7-6-16(21(30)32-3)26-20(17)29/h6-7,9-10,14-15H,4-5,8,11-13H2,1-3H3,(H,24,27,31)/t14-,15?/m0/s1. The van der Waals surface area contributed by atoms with Crippen molar-refractivity contribution in [1.82, 2.24) is 15.0 Å². The topological polar surface area (TPSA) is 128 Å². The lowest BCUT2D eigenvalue weighted by atomic mass is 10.00. The zero-order valence-corrected chi connectivity index (χ0v) is 19.9. The molecule has 2 atom stereocenters. The molecule has 0 aliphatic carbocycles. The zero-order chi connectivity index (χ0) is 24.6. The highest BCUT2D eigenvalue weighted by molar-refractivity contribution is 6.04. The molecule has 0 saturated carbocycles. The number of pyridine rings is 1. The summed E-state index contributed by atoms with van der Waals surface area (Å²) in [5.74, 6) is -0.169. The molecular formula is C23H28N6O6. The molecule has 2 aromatic heterocycles. The van der Waals surface area contributed by atoms with Gasteiger partial charge in [0.05, 0.1) is 37.8 Å². The Balaban J connectivity index is 1.28. The first kappa shape index (κ1) is 23.2. The summed E-state index contributed by atoms with van der Waals surface area (Å²) in [6, 6.07) is 2.95. The number of piperidine rings is 1. The Hall–Kier alpha value is -3.51. The number of anilines is 3. The molecule has 35 heavy (non-hydrogen) atoms. The van der Waals surface area contributed by atoms with E-state index in [0.717, 1.165) is 25.1 Å². The summed E-state index contributed by atoms with van der Waals surface area (Å²) < 4.78 is 21.7. The number of nitrogens with zero attached hydrogens (tertiary/aromatic N) is 5. The molecule has 3 aliphatic heterocycles. The van der Waals surface area contributed by atoms with E-state index < -0.39 is 17.8 Å². The second kappa shape index (κ2) is 9.27. The van der Waals surface area contributed by atoms with Gasteiger partial charge in [-0.15, -0.1) is 0 Å². The number of hydrogen-bond acceptors (Lipinski definition) is 10. The number of rotatable bonds is 5. The van der Waals surface area contributed by atoms with Crippen LogP contribution in [0.15, 0.2) is 24.5 Å². The van der Waals surface area contributed by atoms with Crippen LogP contribution in [0.5, 0.6) is 5.88 Å². The Morgan fingerprint density at radius 2 is 2.11 bits per heavy atom. The second-order valence-corrected chi connectivity index (χ2v) is 9.07. The fraction of sp³-hybridized carbons (Fsp3) is 0.522. The Kier molecular flexibility index (Phi) is 6.15. The van der Waals surface area contributed by atoms with Crippen molar-refractivity contribution >= 4 is 29.3 Å². The molecule has 12 nitrogen and oxygen atoms in total. The number of urea groups is 1. The largest absolute Gasteiger partial charge is 0.474 e. The number of ether oxygens (including phenoxy) is 4. The van der Waals surface area contributed by atoms with E-state index in [9.17, 15) is 9.59 Å². The first-order valence-corrected chi connectivity index (χ1v) is 11.5. The van der Waals surface area contributed by atoms with Crippen molar-refractivity contribution in [3.63, 3.8) is 0 Å². The summed E-state index contributed by atoms with van der Waals surface area (Å²) in [7, 11) is 1.30. The summed E-state index contributed by atoms with van der Waals surface area (Å²) in [4.78, 5) is 42.1. The van der Waals surface area contributed by atoms with Gasteiger partial charge in [-0.2, -0.15) is 0 Å². The lowest BCUT2D eigenvalue weighted by Crippen LogP contribution is -2.56. The molecular weight excluding hydrogens is 456 g/mol. The molecule has 186 valence electrons. The predicted molar refractivity (Wildman–Crippen MR) is 125 cm³/mol. The Labute approximate surface area is 202 Å². The van der Waals surface area contributed by atoms with Gasteiger partial charge in [0.1, 0.15) is 12.7 Å². The molecule has 1 unspecified atom stereocenters. The molecule has 2 aromatic rings. The molecule has 5 rings (SSSR count). The highest BCUT2D eigenvalue weighted by atomic mass is 16.7. The van der Waals surface area contributed by atoms with Crippen molar-refractivity contribution in [3.8, 4) is 5.88 Å². The van der Waals surface area contributed by atoms with E-state index in [1.165, 1.54) is 19.5 Å². The summed E-state index contributed by atoms with van der Waals surface area (Å²) >= 11 is 0. The average Bonchev–Trinajstić information content (AvgIpc) is 3.21. The third kappa shape index (κ3) is 4.84. The number of nitrogens with one attached hydrogen (secondary N) is 1. The van der Waals surface area contributed by atoms with Crippen molar-refractivity contribution in [2.75, 3.05) is 48.5 Å². The van der Waals surface area contributed by atoms with Gasteiger partial charge in [-0.05, 0) is 38.8 Å². The van der Waals surface area contributed by atoms with Gasteiger partial charge in [-0.1, -0.05) is 0 Å². The van der Waals surface area contributed by atoms with Gasteiger partial charge in [0.2, 0.25) is 5.88 Å². The van der Waals surface area contributed by atoms with Crippen molar-refractivity contribution in [1.29, 1.82) is 0 Å². The van der Waals surface area contributed by atoms with Crippen LogP contribution in [0.3, 0.4) is 0 Å². The maximum Gasteiger partial charge on any atom is 0.356 e. The molecule has 2 bridgehead atoms. The Morgan fingerprint density at radius 3 is 2.83 bits per heavy atom.